The van der Waals surface area contributed by atoms with Crippen molar-refractivity contribution in [2.45, 2.75) is 32.9 Å². The van der Waals surface area contributed by atoms with Gasteiger partial charge in [-0.2, -0.15) is 0 Å². The summed E-state index contributed by atoms with van der Waals surface area (Å²) >= 11 is 0. The summed E-state index contributed by atoms with van der Waals surface area (Å²) in [5.41, 5.74) is 7.70. The second-order valence-corrected chi connectivity index (χ2v) is 4.40. The van der Waals surface area contributed by atoms with Gasteiger partial charge in [-0.15, -0.1) is 0 Å². The van der Waals surface area contributed by atoms with Crippen LogP contribution < -0.4 is 15.4 Å². The van der Waals surface area contributed by atoms with Crippen molar-refractivity contribution >= 4 is 11.4 Å². The maximum Gasteiger partial charge on any atom is 0.143 e. The van der Waals surface area contributed by atoms with Crippen molar-refractivity contribution in [2.75, 3.05) is 17.2 Å². The number of anilines is 2. The van der Waals surface area contributed by atoms with Gasteiger partial charge < -0.3 is 15.4 Å². The second-order valence-electron chi connectivity index (χ2n) is 4.40. The molecule has 3 nitrogen and oxygen atoms in total. The lowest BCUT2D eigenvalue weighted by molar-refractivity contribution is 0.209. The van der Waals surface area contributed by atoms with E-state index in [4.69, 9.17) is 10.5 Å². The number of nitrogens with zero attached hydrogens (tertiary/aromatic N) is 1. The first-order valence-corrected chi connectivity index (χ1v) is 5.40. The third-order valence-electron chi connectivity index (χ3n) is 2.70. The van der Waals surface area contributed by atoms with Crippen LogP contribution in [-0.2, 0) is 0 Å². The van der Waals surface area contributed by atoms with Crippen LogP contribution in [0.3, 0.4) is 0 Å². The van der Waals surface area contributed by atoms with Crippen LogP contribution in [0, 0.1) is 0 Å². The van der Waals surface area contributed by atoms with Crippen molar-refractivity contribution in [2.24, 2.45) is 0 Å². The number of nitrogen functional groups attached to an aromatic ring is 1. The minimum Gasteiger partial charge on any atom is -0.487 e. The summed E-state index contributed by atoms with van der Waals surface area (Å²) in [4.78, 5) is 2.33. The van der Waals surface area contributed by atoms with Gasteiger partial charge in [-0.1, -0.05) is 0 Å². The van der Waals surface area contributed by atoms with Crippen LogP contribution in [0.5, 0.6) is 5.75 Å². The van der Waals surface area contributed by atoms with E-state index in [1.165, 1.54) is 0 Å². The Bertz CT molecular complexity index is 363. The van der Waals surface area contributed by atoms with Gasteiger partial charge in [0, 0.05) is 11.7 Å². The number of hydrogen-bond donors (Lipinski definition) is 1. The fourth-order valence-electron chi connectivity index (χ4n) is 1.98. The lowest BCUT2D eigenvalue weighted by Gasteiger charge is -2.37. The summed E-state index contributed by atoms with van der Waals surface area (Å²) in [7, 11) is 0. The van der Waals surface area contributed by atoms with Gasteiger partial charge in [0.05, 0.1) is 12.2 Å². The molecule has 2 rings (SSSR count). The van der Waals surface area contributed by atoms with Crippen LogP contribution in [0.15, 0.2) is 18.2 Å². The Balaban J connectivity index is 2.43. The molecule has 1 aromatic rings. The lowest BCUT2D eigenvalue weighted by atomic mass is 10.1. The third kappa shape index (κ3) is 1.87. The van der Waals surface area contributed by atoms with E-state index in [0.717, 1.165) is 23.7 Å². The molecular weight excluding hydrogens is 188 g/mol. The van der Waals surface area contributed by atoms with Crippen molar-refractivity contribution in [1.82, 2.24) is 0 Å². The van der Waals surface area contributed by atoms with Crippen LogP contribution in [0.2, 0.25) is 0 Å². The summed E-state index contributed by atoms with van der Waals surface area (Å²) in [6.07, 6.45) is 0.239. The highest BCUT2D eigenvalue weighted by molar-refractivity contribution is 5.66. The van der Waals surface area contributed by atoms with Gasteiger partial charge in [0.25, 0.3) is 0 Å². The standard InChI is InChI=1S/C12H18N2O/c1-8(2)14-7-9(3)15-12-5-4-10(13)6-11(12)14/h4-6,8-9H,7,13H2,1-3H3. The summed E-state index contributed by atoms with van der Waals surface area (Å²) in [5, 5.41) is 0. The topological polar surface area (TPSA) is 38.5 Å². The van der Waals surface area contributed by atoms with Crippen molar-refractivity contribution in [1.29, 1.82) is 0 Å². The van der Waals surface area contributed by atoms with Crippen LogP contribution >= 0.6 is 0 Å². The van der Waals surface area contributed by atoms with Gasteiger partial charge in [0.2, 0.25) is 0 Å². The third-order valence-corrected chi connectivity index (χ3v) is 2.70. The molecule has 0 fully saturated rings. The molecule has 0 bridgehead atoms. The Labute approximate surface area is 90.8 Å². The summed E-state index contributed by atoms with van der Waals surface area (Å²) in [6, 6.07) is 6.30. The molecule has 1 unspecified atom stereocenters. The maximum absolute atomic E-state index is 5.80. The van der Waals surface area contributed by atoms with Crippen LogP contribution in [0.25, 0.3) is 0 Å². The fourth-order valence-corrected chi connectivity index (χ4v) is 1.98. The normalized spacial score (nSPS) is 20.0. The van der Waals surface area contributed by atoms with Crippen LogP contribution in [-0.4, -0.2) is 18.7 Å². The van der Waals surface area contributed by atoms with Gasteiger partial charge in [-0.25, -0.2) is 0 Å². The number of benzene rings is 1. The van der Waals surface area contributed by atoms with Crippen molar-refractivity contribution in [3.8, 4) is 5.75 Å². The first-order valence-electron chi connectivity index (χ1n) is 5.40. The van der Waals surface area contributed by atoms with E-state index in [-0.39, 0.29) is 6.10 Å². The zero-order valence-corrected chi connectivity index (χ0v) is 9.53. The predicted octanol–water partition coefficient (Wildman–Crippen LogP) is 2.26. The molecule has 2 N–H and O–H groups in total. The molecule has 1 heterocycles. The zero-order chi connectivity index (χ0) is 11.0. The van der Waals surface area contributed by atoms with Crippen molar-refractivity contribution in [3.05, 3.63) is 18.2 Å². The number of rotatable bonds is 1. The summed E-state index contributed by atoms with van der Waals surface area (Å²) in [6.45, 7) is 7.39. The van der Waals surface area contributed by atoms with Gasteiger partial charge in [-0.05, 0) is 39.0 Å². The van der Waals surface area contributed by atoms with E-state index in [9.17, 15) is 0 Å². The largest absolute Gasteiger partial charge is 0.487 e. The molecular formula is C12H18N2O. The molecule has 1 aliphatic heterocycles. The molecule has 0 saturated heterocycles. The maximum atomic E-state index is 5.80. The SMILES string of the molecule is CC1CN(C(C)C)c2cc(N)ccc2O1. The molecule has 0 saturated carbocycles. The van der Waals surface area contributed by atoms with Crippen molar-refractivity contribution < 1.29 is 4.74 Å². The molecule has 0 spiro atoms. The predicted molar refractivity (Wildman–Crippen MR) is 63.4 cm³/mol. The van der Waals surface area contributed by atoms with E-state index < -0.39 is 0 Å². The van der Waals surface area contributed by atoms with Crippen molar-refractivity contribution in [3.63, 3.8) is 0 Å². The Kier molecular flexibility index (Phi) is 2.47. The number of hydrogen-bond acceptors (Lipinski definition) is 3. The molecule has 1 atom stereocenters. The molecule has 1 aliphatic rings. The number of ether oxygens (including phenoxy) is 1. The average Bonchev–Trinajstić information content (AvgIpc) is 2.17. The number of fused-ring (bicyclic) bond motifs is 1. The lowest BCUT2D eigenvalue weighted by Crippen LogP contribution is -2.42. The summed E-state index contributed by atoms with van der Waals surface area (Å²) in [5.74, 6) is 0.941. The molecule has 0 amide bonds. The van der Waals surface area contributed by atoms with E-state index in [2.05, 4.69) is 25.7 Å². The Morgan fingerprint density at radius 3 is 2.87 bits per heavy atom. The number of nitrogens with two attached hydrogens (primary N) is 1. The fraction of sp³-hybridized carbons (Fsp3) is 0.500. The van der Waals surface area contributed by atoms with Crippen LogP contribution in [0.1, 0.15) is 20.8 Å². The summed E-state index contributed by atoms with van der Waals surface area (Å²) < 4.78 is 5.77. The minimum absolute atomic E-state index is 0.239. The van der Waals surface area contributed by atoms with Gasteiger partial charge in [0.1, 0.15) is 11.9 Å². The highest BCUT2D eigenvalue weighted by atomic mass is 16.5. The first kappa shape index (κ1) is 10.1. The molecule has 15 heavy (non-hydrogen) atoms. The smallest absolute Gasteiger partial charge is 0.143 e. The molecule has 1 aromatic carbocycles. The Morgan fingerprint density at radius 2 is 2.20 bits per heavy atom. The first-order chi connectivity index (χ1) is 7.08. The molecule has 0 aromatic heterocycles. The minimum atomic E-state index is 0.239. The molecule has 0 radical (unpaired) electrons. The zero-order valence-electron chi connectivity index (χ0n) is 9.53. The van der Waals surface area contributed by atoms with Crippen LogP contribution in [0.4, 0.5) is 11.4 Å². The Morgan fingerprint density at radius 1 is 1.47 bits per heavy atom. The highest BCUT2D eigenvalue weighted by Crippen LogP contribution is 2.35. The van der Waals surface area contributed by atoms with E-state index in [1.54, 1.807) is 0 Å². The quantitative estimate of drug-likeness (QED) is 0.716. The Hall–Kier alpha value is -1.38. The highest BCUT2D eigenvalue weighted by Gasteiger charge is 2.24. The van der Waals surface area contributed by atoms with E-state index >= 15 is 0 Å². The second kappa shape index (κ2) is 3.65. The van der Waals surface area contributed by atoms with Gasteiger partial charge >= 0.3 is 0 Å². The van der Waals surface area contributed by atoms with E-state index in [1.807, 2.05) is 18.2 Å². The average molecular weight is 206 g/mol. The van der Waals surface area contributed by atoms with Gasteiger partial charge in [0.15, 0.2) is 0 Å². The monoisotopic (exact) mass is 206 g/mol. The molecule has 3 heteroatoms. The molecule has 82 valence electrons. The molecule has 0 aliphatic carbocycles. The van der Waals surface area contributed by atoms with E-state index in [0.29, 0.717) is 6.04 Å². The van der Waals surface area contributed by atoms with Gasteiger partial charge in [-0.3, -0.25) is 0 Å².